The molecule has 0 aliphatic carbocycles. The van der Waals surface area contributed by atoms with Crippen molar-refractivity contribution >= 4 is 11.4 Å². The fraction of sp³-hybridized carbons (Fsp3) is 0.0625. The second kappa shape index (κ2) is 11.9. The quantitative estimate of drug-likeness (QED) is 0.131. The van der Waals surface area contributed by atoms with Crippen molar-refractivity contribution < 1.29 is 14.6 Å². The van der Waals surface area contributed by atoms with Crippen molar-refractivity contribution in [2.24, 2.45) is 0 Å². The van der Waals surface area contributed by atoms with Crippen LogP contribution in [-0.2, 0) is 4.74 Å². The highest BCUT2D eigenvalue weighted by molar-refractivity contribution is 5.54. The Kier molecular flexibility index (Phi) is 7.53. The molecule has 0 saturated heterocycles. The first-order valence-electron chi connectivity index (χ1n) is 13.3. The summed E-state index contributed by atoms with van der Waals surface area (Å²) in [6, 6.07) is 27.5. The van der Waals surface area contributed by atoms with E-state index in [1.165, 1.54) is 12.1 Å². The van der Waals surface area contributed by atoms with Crippen molar-refractivity contribution in [1.82, 2.24) is 19.1 Å². The molecule has 212 valence electrons. The highest BCUT2D eigenvalue weighted by Gasteiger charge is 2.34. The zero-order valence-corrected chi connectivity index (χ0v) is 22.6. The van der Waals surface area contributed by atoms with Gasteiger partial charge < -0.3 is 13.9 Å². The summed E-state index contributed by atoms with van der Waals surface area (Å²) in [4.78, 5) is 32.0. The van der Waals surface area contributed by atoms with E-state index in [0.29, 0.717) is 33.6 Å². The van der Waals surface area contributed by atoms with Crippen LogP contribution in [0.25, 0.3) is 11.4 Å². The van der Waals surface area contributed by atoms with Gasteiger partial charge in [-0.1, -0.05) is 60.7 Å². The molecular weight excluding hydrogens is 548 g/mol. The lowest BCUT2D eigenvalue weighted by Gasteiger charge is -2.29. The lowest BCUT2D eigenvalue weighted by molar-refractivity contribution is -0.386. The van der Waals surface area contributed by atoms with Gasteiger partial charge in [0.05, 0.1) is 45.0 Å². The van der Waals surface area contributed by atoms with E-state index in [1.54, 1.807) is 83.0 Å². The largest absolute Gasteiger partial charge is 0.355 e. The normalized spacial score (nSPS) is 12.5. The molecule has 0 saturated carbocycles. The number of para-hydroxylation sites is 4. The minimum Gasteiger partial charge on any atom is -0.355 e. The van der Waals surface area contributed by atoms with Crippen molar-refractivity contribution in [3.8, 4) is 11.4 Å². The van der Waals surface area contributed by atoms with Gasteiger partial charge in [0.1, 0.15) is 12.2 Å². The highest BCUT2D eigenvalue weighted by Crippen LogP contribution is 2.44. The minimum absolute atomic E-state index is 0.142. The van der Waals surface area contributed by atoms with Crippen LogP contribution in [0.5, 0.6) is 0 Å². The summed E-state index contributed by atoms with van der Waals surface area (Å²) < 4.78 is 10.6. The first kappa shape index (κ1) is 27.2. The number of hydrogen-bond acceptors (Lipinski definition) is 7. The third-order valence-corrected chi connectivity index (χ3v) is 7.11. The highest BCUT2D eigenvalue weighted by atomic mass is 16.6. The van der Waals surface area contributed by atoms with Crippen LogP contribution in [0, 0.1) is 20.2 Å². The van der Waals surface area contributed by atoms with E-state index < -0.39 is 22.1 Å². The molecule has 2 aromatic heterocycles. The van der Waals surface area contributed by atoms with Gasteiger partial charge in [-0.05, 0) is 24.3 Å². The molecule has 11 nitrogen and oxygen atoms in total. The maximum atomic E-state index is 12.3. The van der Waals surface area contributed by atoms with Gasteiger partial charge in [-0.2, -0.15) is 0 Å². The molecule has 0 N–H and O–H groups in total. The fourth-order valence-electron chi connectivity index (χ4n) is 5.21. The van der Waals surface area contributed by atoms with E-state index in [2.05, 4.69) is 9.97 Å². The molecule has 0 radical (unpaired) electrons. The van der Waals surface area contributed by atoms with Crippen molar-refractivity contribution in [1.29, 1.82) is 0 Å². The lowest BCUT2D eigenvalue weighted by atomic mass is 9.94. The number of imidazole rings is 2. The van der Waals surface area contributed by atoms with Gasteiger partial charge in [0, 0.05) is 48.0 Å². The summed E-state index contributed by atoms with van der Waals surface area (Å²) >= 11 is 0. The summed E-state index contributed by atoms with van der Waals surface area (Å²) in [5.41, 5.74) is 2.90. The Morgan fingerprint density at radius 3 is 1.30 bits per heavy atom. The van der Waals surface area contributed by atoms with Gasteiger partial charge >= 0.3 is 0 Å². The molecule has 43 heavy (non-hydrogen) atoms. The van der Waals surface area contributed by atoms with Crippen LogP contribution >= 0.6 is 0 Å². The van der Waals surface area contributed by atoms with Gasteiger partial charge in [0.25, 0.3) is 11.4 Å². The van der Waals surface area contributed by atoms with E-state index in [-0.39, 0.29) is 11.4 Å². The molecule has 0 aliphatic rings. The smallest absolute Gasteiger partial charge is 0.275 e. The van der Waals surface area contributed by atoms with Gasteiger partial charge in [-0.25, -0.2) is 9.97 Å². The Morgan fingerprint density at radius 2 is 0.930 bits per heavy atom. The van der Waals surface area contributed by atoms with Crippen LogP contribution in [0.2, 0.25) is 0 Å². The Hall–Kier alpha value is -5.94. The molecule has 0 amide bonds. The van der Waals surface area contributed by atoms with E-state index in [9.17, 15) is 20.2 Å². The predicted molar refractivity (Wildman–Crippen MR) is 158 cm³/mol. The number of nitro benzene ring substituents is 2. The first-order valence-corrected chi connectivity index (χ1v) is 13.3. The molecule has 6 aromatic rings. The molecule has 0 aliphatic heterocycles. The number of rotatable bonds is 10. The topological polar surface area (TPSA) is 131 Å². The molecule has 0 spiro atoms. The molecule has 6 rings (SSSR count). The van der Waals surface area contributed by atoms with Crippen LogP contribution in [0.3, 0.4) is 0 Å². The van der Waals surface area contributed by atoms with Gasteiger partial charge in [-0.3, -0.25) is 20.2 Å². The van der Waals surface area contributed by atoms with Crippen LogP contribution < -0.4 is 0 Å². The van der Waals surface area contributed by atoms with Crippen LogP contribution in [0.15, 0.2) is 135 Å². The Labute approximate surface area is 245 Å². The third-order valence-electron chi connectivity index (χ3n) is 7.11. The van der Waals surface area contributed by atoms with Crippen LogP contribution in [0.4, 0.5) is 11.4 Å². The molecule has 0 bridgehead atoms. The van der Waals surface area contributed by atoms with Crippen molar-refractivity contribution in [2.75, 3.05) is 0 Å². The Balaban J connectivity index is 1.62. The molecular formula is C32H24N6O5. The zero-order valence-electron chi connectivity index (χ0n) is 22.6. The number of aromatic nitrogens is 4. The van der Waals surface area contributed by atoms with E-state index in [0.717, 1.165) is 0 Å². The van der Waals surface area contributed by atoms with Gasteiger partial charge in [-0.15, -0.1) is 0 Å². The van der Waals surface area contributed by atoms with Crippen molar-refractivity contribution in [2.45, 2.75) is 12.2 Å². The second-order valence-corrected chi connectivity index (χ2v) is 9.59. The zero-order chi connectivity index (χ0) is 29.8. The summed E-state index contributed by atoms with van der Waals surface area (Å²) in [5, 5.41) is 24.6. The third kappa shape index (κ3) is 5.39. The maximum Gasteiger partial charge on any atom is 0.275 e. The molecule has 2 atom stereocenters. The summed E-state index contributed by atoms with van der Waals surface area (Å²) in [5.74, 6) is 0. The Morgan fingerprint density at radius 1 is 0.558 bits per heavy atom. The minimum atomic E-state index is -1.03. The summed E-state index contributed by atoms with van der Waals surface area (Å²) in [6.07, 6.45) is 8.00. The Bertz CT molecular complexity index is 1750. The van der Waals surface area contributed by atoms with Gasteiger partial charge in [0.15, 0.2) is 0 Å². The number of nitrogens with zero attached hydrogens (tertiary/aromatic N) is 6. The van der Waals surface area contributed by atoms with Gasteiger partial charge in [0.2, 0.25) is 0 Å². The number of hydrogen-bond donors (Lipinski definition) is 0. The molecule has 2 heterocycles. The first-order chi connectivity index (χ1) is 21.0. The van der Waals surface area contributed by atoms with Crippen LogP contribution in [0.1, 0.15) is 34.5 Å². The molecule has 4 aromatic carbocycles. The number of ether oxygens (including phenoxy) is 1. The average Bonchev–Trinajstić information content (AvgIpc) is 3.78. The van der Waals surface area contributed by atoms with E-state index in [1.807, 2.05) is 48.5 Å². The standard InChI is InChI=1S/C32H24N6O5/c39-37(40)29-15-7-3-11-25(29)31(23-9-1-5-13-27(23)35-19-17-33-21-35)43-32(26-12-4-8-16-30(26)38(41)42)24-10-2-6-14-28(24)36-20-18-34-22-36/h1-22,31-32H. The molecule has 11 heteroatoms. The summed E-state index contributed by atoms with van der Waals surface area (Å²) in [7, 11) is 0. The second-order valence-electron chi connectivity index (χ2n) is 9.59. The molecule has 2 unspecified atom stereocenters. The monoisotopic (exact) mass is 572 g/mol. The van der Waals surface area contributed by atoms with E-state index in [4.69, 9.17) is 4.74 Å². The number of nitro groups is 2. The lowest BCUT2D eigenvalue weighted by Crippen LogP contribution is -2.18. The van der Waals surface area contributed by atoms with Crippen molar-refractivity contribution in [3.05, 3.63) is 177 Å². The molecule has 0 fully saturated rings. The number of benzene rings is 4. The van der Waals surface area contributed by atoms with Crippen LogP contribution in [-0.4, -0.2) is 28.9 Å². The maximum absolute atomic E-state index is 12.3. The van der Waals surface area contributed by atoms with Crippen molar-refractivity contribution in [3.63, 3.8) is 0 Å². The SMILES string of the molecule is O=[N+]([O-])c1ccccc1C(OC(c1ccccc1-n1ccnc1)c1ccccc1[N+](=O)[O-])c1ccccc1-n1ccnc1. The van der Waals surface area contributed by atoms with E-state index >= 15 is 0 Å². The average molecular weight is 573 g/mol. The fourth-order valence-corrected chi connectivity index (χ4v) is 5.21. The summed E-state index contributed by atoms with van der Waals surface area (Å²) in [6.45, 7) is 0. The predicted octanol–water partition coefficient (Wildman–Crippen LogP) is 6.77.